The van der Waals surface area contributed by atoms with Crippen LogP contribution in [-0.2, 0) is 11.2 Å². The van der Waals surface area contributed by atoms with Gasteiger partial charge in [-0.3, -0.25) is 9.59 Å². The van der Waals surface area contributed by atoms with Crippen LogP contribution in [-0.4, -0.2) is 24.0 Å². The van der Waals surface area contributed by atoms with Gasteiger partial charge in [0.2, 0.25) is 5.91 Å². The number of ether oxygens (including phenoxy) is 1. The number of esters is 1. The predicted octanol–water partition coefficient (Wildman–Crippen LogP) is 5.50. The molecule has 4 rings (SSSR count). The van der Waals surface area contributed by atoms with Gasteiger partial charge in [-0.25, -0.2) is 10.2 Å². The molecule has 0 unspecified atom stereocenters. The number of carbonyl (C=O) groups is 3. The summed E-state index contributed by atoms with van der Waals surface area (Å²) in [6, 6.07) is 29.1. The van der Waals surface area contributed by atoms with E-state index >= 15 is 0 Å². The molecule has 4 aromatic carbocycles. The van der Waals surface area contributed by atoms with Crippen LogP contribution >= 0.6 is 11.6 Å². The van der Waals surface area contributed by atoms with Crippen molar-refractivity contribution < 1.29 is 19.1 Å². The second kappa shape index (κ2) is 12.3. The average Bonchev–Trinajstić information content (AvgIpc) is 2.91. The second-order valence-corrected chi connectivity index (χ2v) is 8.36. The van der Waals surface area contributed by atoms with E-state index in [1.807, 2.05) is 30.3 Å². The van der Waals surface area contributed by atoms with E-state index in [0.29, 0.717) is 27.4 Å². The van der Waals surface area contributed by atoms with Gasteiger partial charge in [0.15, 0.2) is 0 Å². The summed E-state index contributed by atoms with van der Waals surface area (Å²) >= 11 is 6.08. The molecule has 0 aromatic heterocycles. The lowest BCUT2D eigenvalue weighted by atomic mass is 10.1. The second-order valence-electron chi connectivity index (χ2n) is 7.92. The zero-order valence-corrected chi connectivity index (χ0v) is 20.3. The van der Waals surface area contributed by atoms with Crippen molar-refractivity contribution in [1.29, 1.82) is 0 Å². The monoisotopic (exact) mass is 511 g/mol. The minimum absolute atomic E-state index is 0.154. The Morgan fingerprint density at radius 1 is 0.811 bits per heavy atom. The van der Waals surface area contributed by atoms with Crippen LogP contribution in [0, 0.1) is 0 Å². The molecule has 4 aromatic rings. The lowest BCUT2D eigenvalue weighted by Crippen LogP contribution is -2.18. The van der Waals surface area contributed by atoms with Gasteiger partial charge in [0, 0.05) is 21.8 Å². The Labute approximate surface area is 218 Å². The highest BCUT2D eigenvalue weighted by molar-refractivity contribution is 6.31. The molecular weight excluding hydrogens is 490 g/mol. The molecule has 7 nitrogen and oxygen atoms in total. The molecule has 184 valence electrons. The number of halogens is 1. The molecule has 0 radical (unpaired) electrons. The number of hydrazone groups is 1. The molecule has 0 saturated carbocycles. The third-order valence-corrected chi connectivity index (χ3v) is 5.43. The number of hydrogen-bond donors (Lipinski definition) is 2. The normalized spacial score (nSPS) is 10.6. The van der Waals surface area contributed by atoms with E-state index in [0.717, 1.165) is 5.56 Å². The van der Waals surface area contributed by atoms with Gasteiger partial charge in [-0.05, 0) is 60.2 Å². The first-order chi connectivity index (χ1) is 18.0. The highest BCUT2D eigenvalue weighted by Crippen LogP contribution is 2.22. The predicted molar refractivity (Wildman–Crippen MR) is 143 cm³/mol. The third-order valence-electron chi connectivity index (χ3n) is 5.19. The van der Waals surface area contributed by atoms with Crippen LogP contribution in [0.2, 0.25) is 5.02 Å². The SMILES string of the molecule is O=C(Cc1ccccc1)Nc1ccc(C(=O)N/N=C/c2cc(Cl)ccc2OC(=O)c2ccccc2)cc1. The minimum atomic E-state index is -0.530. The zero-order valence-electron chi connectivity index (χ0n) is 19.6. The van der Waals surface area contributed by atoms with Crippen LogP contribution in [0.4, 0.5) is 5.69 Å². The minimum Gasteiger partial charge on any atom is -0.422 e. The van der Waals surface area contributed by atoms with Crippen molar-refractivity contribution in [3.8, 4) is 5.75 Å². The van der Waals surface area contributed by atoms with E-state index in [1.54, 1.807) is 72.8 Å². The molecule has 0 aliphatic rings. The maximum absolute atomic E-state index is 12.5. The lowest BCUT2D eigenvalue weighted by Gasteiger charge is -2.08. The molecule has 8 heteroatoms. The van der Waals surface area contributed by atoms with E-state index in [1.165, 1.54) is 6.21 Å². The summed E-state index contributed by atoms with van der Waals surface area (Å²) in [5.41, 5.74) is 5.07. The number of rotatable bonds is 8. The van der Waals surface area contributed by atoms with Gasteiger partial charge in [0.25, 0.3) is 5.91 Å². The van der Waals surface area contributed by atoms with Gasteiger partial charge in [0.05, 0.1) is 18.2 Å². The highest BCUT2D eigenvalue weighted by Gasteiger charge is 2.12. The molecule has 2 amide bonds. The number of carbonyl (C=O) groups excluding carboxylic acids is 3. The first-order valence-corrected chi connectivity index (χ1v) is 11.7. The van der Waals surface area contributed by atoms with Crippen molar-refractivity contribution in [1.82, 2.24) is 5.43 Å². The number of amides is 2. The molecule has 0 aliphatic carbocycles. The van der Waals surface area contributed by atoms with Crippen molar-refractivity contribution >= 4 is 41.3 Å². The highest BCUT2D eigenvalue weighted by atomic mass is 35.5. The fraction of sp³-hybridized carbons (Fsp3) is 0.0345. The van der Waals surface area contributed by atoms with Gasteiger partial charge in [-0.2, -0.15) is 5.10 Å². The molecule has 2 N–H and O–H groups in total. The van der Waals surface area contributed by atoms with Gasteiger partial charge < -0.3 is 10.1 Å². The maximum Gasteiger partial charge on any atom is 0.343 e. The van der Waals surface area contributed by atoms with Crippen molar-refractivity contribution in [2.24, 2.45) is 5.10 Å². The maximum atomic E-state index is 12.5. The van der Waals surface area contributed by atoms with Gasteiger partial charge in [0.1, 0.15) is 5.75 Å². The Morgan fingerprint density at radius 2 is 1.49 bits per heavy atom. The van der Waals surface area contributed by atoms with E-state index in [2.05, 4.69) is 15.8 Å². The van der Waals surface area contributed by atoms with Gasteiger partial charge in [-0.15, -0.1) is 0 Å². The zero-order chi connectivity index (χ0) is 26.0. The van der Waals surface area contributed by atoms with Crippen LogP contribution < -0.4 is 15.5 Å². The summed E-state index contributed by atoms with van der Waals surface area (Å²) in [7, 11) is 0. The summed E-state index contributed by atoms with van der Waals surface area (Å²) in [5, 5.41) is 7.19. The fourth-order valence-electron chi connectivity index (χ4n) is 3.36. The number of anilines is 1. The Hall–Kier alpha value is -4.75. The summed E-state index contributed by atoms with van der Waals surface area (Å²) < 4.78 is 5.47. The Balaban J connectivity index is 1.35. The lowest BCUT2D eigenvalue weighted by molar-refractivity contribution is -0.115. The van der Waals surface area contributed by atoms with E-state index in [-0.39, 0.29) is 18.1 Å². The van der Waals surface area contributed by atoms with Crippen molar-refractivity contribution in [3.63, 3.8) is 0 Å². The van der Waals surface area contributed by atoms with E-state index in [4.69, 9.17) is 16.3 Å². The molecule has 0 saturated heterocycles. The summed E-state index contributed by atoms with van der Waals surface area (Å²) in [6.45, 7) is 0. The van der Waals surface area contributed by atoms with Crippen molar-refractivity contribution in [2.45, 2.75) is 6.42 Å². The Kier molecular flexibility index (Phi) is 8.41. The quantitative estimate of drug-likeness (QED) is 0.141. The van der Waals surface area contributed by atoms with Gasteiger partial charge >= 0.3 is 5.97 Å². The molecule has 0 spiro atoms. The number of hydrogen-bond acceptors (Lipinski definition) is 5. The van der Waals surface area contributed by atoms with Crippen molar-refractivity contribution in [2.75, 3.05) is 5.32 Å². The summed E-state index contributed by atoms with van der Waals surface area (Å²) in [6.07, 6.45) is 1.60. The third kappa shape index (κ3) is 7.37. The molecule has 0 heterocycles. The number of nitrogens with zero attached hydrogens (tertiary/aromatic N) is 1. The summed E-state index contributed by atoms with van der Waals surface area (Å²) in [4.78, 5) is 37.1. The van der Waals surface area contributed by atoms with Crippen LogP contribution in [0.25, 0.3) is 0 Å². The van der Waals surface area contributed by atoms with Crippen LogP contribution in [0.3, 0.4) is 0 Å². The standard InChI is InChI=1S/C29H22ClN3O4/c30-24-13-16-26(37-29(36)22-9-5-2-6-10-22)23(18-24)19-31-33-28(35)21-11-14-25(15-12-21)32-27(34)17-20-7-3-1-4-8-20/h1-16,18-19H,17H2,(H,32,34)(H,33,35)/b31-19+. The molecule has 37 heavy (non-hydrogen) atoms. The topological polar surface area (TPSA) is 96.9 Å². The van der Waals surface area contributed by atoms with Crippen LogP contribution in [0.5, 0.6) is 5.75 Å². The van der Waals surface area contributed by atoms with E-state index in [9.17, 15) is 14.4 Å². The molecular formula is C29H22ClN3O4. The first kappa shape index (κ1) is 25.3. The van der Waals surface area contributed by atoms with Gasteiger partial charge in [-0.1, -0.05) is 60.1 Å². The molecule has 0 bridgehead atoms. The summed E-state index contributed by atoms with van der Waals surface area (Å²) in [5.74, 6) is -0.897. The fourth-order valence-corrected chi connectivity index (χ4v) is 3.54. The van der Waals surface area contributed by atoms with Crippen LogP contribution in [0.1, 0.15) is 31.8 Å². The Bertz CT molecular complexity index is 1420. The van der Waals surface area contributed by atoms with Crippen LogP contribution in [0.15, 0.2) is 108 Å². The molecule has 0 fully saturated rings. The largest absolute Gasteiger partial charge is 0.422 e. The van der Waals surface area contributed by atoms with E-state index < -0.39 is 11.9 Å². The molecule has 0 aliphatic heterocycles. The average molecular weight is 512 g/mol. The van der Waals surface area contributed by atoms with Crippen molar-refractivity contribution in [3.05, 3.63) is 130 Å². The smallest absolute Gasteiger partial charge is 0.343 e. The first-order valence-electron chi connectivity index (χ1n) is 11.3. The molecule has 0 atom stereocenters. The Morgan fingerprint density at radius 3 is 2.19 bits per heavy atom. The number of nitrogens with one attached hydrogen (secondary N) is 2. The number of benzene rings is 4.